The topological polar surface area (TPSA) is 68.0 Å². The lowest BCUT2D eigenvalue weighted by Gasteiger charge is -2.11. The van der Waals surface area contributed by atoms with Gasteiger partial charge in [-0.1, -0.05) is 72.8 Å². The number of aryl methyl sites for hydroxylation is 1. The monoisotopic (exact) mass is 369 g/mol. The van der Waals surface area contributed by atoms with Crippen LogP contribution in [0.4, 0.5) is 0 Å². The normalized spacial score (nSPS) is 11.7. The van der Waals surface area contributed by atoms with Crippen LogP contribution in [0.3, 0.4) is 0 Å². The van der Waals surface area contributed by atoms with Crippen LogP contribution in [0.1, 0.15) is 22.8 Å². The number of aliphatic carboxylic acids is 1. The van der Waals surface area contributed by atoms with Gasteiger partial charge in [0.25, 0.3) is 0 Å². The molecule has 3 aromatic carbocycles. The first-order chi connectivity index (χ1) is 13.6. The van der Waals surface area contributed by atoms with Crippen molar-refractivity contribution in [3.05, 3.63) is 95.6 Å². The van der Waals surface area contributed by atoms with E-state index in [1.165, 1.54) is 0 Å². The molecule has 1 heterocycles. The van der Waals surface area contributed by atoms with Crippen molar-refractivity contribution in [2.24, 2.45) is 0 Å². The Kier molecular flexibility index (Phi) is 4.72. The van der Waals surface area contributed by atoms with Gasteiger partial charge in [-0.15, -0.1) is 10.2 Å². The highest BCUT2D eigenvalue weighted by Gasteiger charge is 2.19. The number of carbonyl (C=O) groups is 1. The summed E-state index contributed by atoms with van der Waals surface area (Å²) in [4.78, 5) is 12.2. The van der Waals surface area contributed by atoms with E-state index in [4.69, 9.17) is 0 Å². The summed E-state index contributed by atoms with van der Waals surface area (Å²) in [7, 11) is 0. The highest BCUT2D eigenvalue weighted by atomic mass is 16.4. The van der Waals surface area contributed by atoms with Crippen molar-refractivity contribution in [2.45, 2.75) is 13.3 Å². The van der Waals surface area contributed by atoms with E-state index in [1.54, 1.807) is 17.6 Å². The van der Waals surface area contributed by atoms with Crippen LogP contribution in [0.15, 0.2) is 72.8 Å². The molecule has 138 valence electrons. The zero-order chi connectivity index (χ0) is 19.5. The Labute approximate surface area is 162 Å². The SMILES string of the molecule is Cc1nnc(Cc2ccccc2)n1/C(=C/c1cccc2ccccc12)C(=O)O. The summed E-state index contributed by atoms with van der Waals surface area (Å²) in [6.07, 6.45) is 2.19. The van der Waals surface area contributed by atoms with Gasteiger partial charge in [0.05, 0.1) is 0 Å². The van der Waals surface area contributed by atoms with Crippen LogP contribution in [0.5, 0.6) is 0 Å². The molecule has 0 aliphatic rings. The van der Waals surface area contributed by atoms with Crippen molar-refractivity contribution < 1.29 is 9.90 Å². The van der Waals surface area contributed by atoms with Crippen molar-refractivity contribution in [1.29, 1.82) is 0 Å². The third-order valence-electron chi connectivity index (χ3n) is 4.67. The minimum atomic E-state index is -1.02. The predicted octanol–water partition coefficient (Wildman–Crippen LogP) is 4.41. The molecule has 5 nitrogen and oxygen atoms in total. The molecule has 0 spiro atoms. The minimum Gasteiger partial charge on any atom is -0.477 e. The zero-order valence-corrected chi connectivity index (χ0v) is 15.4. The molecule has 1 aromatic heterocycles. The lowest BCUT2D eigenvalue weighted by Crippen LogP contribution is -2.13. The summed E-state index contributed by atoms with van der Waals surface area (Å²) >= 11 is 0. The number of rotatable bonds is 5. The minimum absolute atomic E-state index is 0.129. The van der Waals surface area contributed by atoms with Gasteiger partial charge in [0.15, 0.2) is 0 Å². The fourth-order valence-electron chi connectivity index (χ4n) is 3.36. The molecule has 0 saturated carbocycles. The van der Waals surface area contributed by atoms with Crippen molar-refractivity contribution in [1.82, 2.24) is 14.8 Å². The van der Waals surface area contributed by atoms with Gasteiger partial charge in [-0.25, -0.2) is 4.79 Å². The second-order valence-electron chi connectivity index (χ2n) is 6.56. The molecule has 0 amide bonds. The third kappa shape index (κ3) is 3.42. The van der Waals surface area contributed by atoms with Crippen molar-refractivity contribution in [3.63, 3.8) is 0 Å². The molecule has 28 heavy (non-hydrogen) atoms. The Bertz CT molecular complexity index is 1170. The highest BCUT2D eigenvalue weighted by molar-refractivity contribution is 6.16. The number of fused-ring (bicyclic) bond motifs is 1. The molecule has 0 bridgehead atoms. The van der Waals surface area contributed by atoms with Gasteiger partial charge >= 0.3 is 5.97 Å². The molecule has 0 aliphatic heterocycles. The number of nitrogens with zero attached hydrogens (tertiary/aromatic N) is 3. The molecular formula is C23H19N3O2. The summed E-state index contributed by atoms with van der Waals surface area (Å²) < 4.78 is 1.62. The van der Waals surface area contributed by atoms with Gasteiger partial charge < -0.3 is 5.11 Å². The number of carboxylic acids is 1. The third-order valence-corrected chi connectivity index (χ3v) is 4.67. The molecule has 0 fully saturated rings. The predicted molar refractivity (Wildman–Crippen MR) is 110 cm³/mol. The number of carboxylic acid groups (broad SMARTS) is 1. The maximum Gasteiger partial charge on any atom is 0.352 e. The van der Waals surface area contributed by atoms with E-state index in [1.807, 2.05) is 72.8 Å². The molecule has 0 atom stereocenters. The maximum atomic E-state index is 12.2. The zero-order valence-electron chi connectivity index (χ0n) is 15.4. The smallest absolute Gasteiger partial charge is 0.352 e. The molecular weight excluding hydrogens is 350 g/mol. The van der Waals surface area contributed by atoms with Crippen molar-refractivity contribution in [3.8, 4) is 0 Å². The van der Waals surface area contributed by atoms with E-state index < -0.39 is 5.97 Å². The Morgan fingerprint density at radius 2 is 1.68 bits per heavy atom. The molecule has 0 radical (unpaired) electrons. The Morgan fingerprint density at radius 1 is 0.964 bits per heavy atom. The standard InChI is InChI=1S/C23H19N3O2/c1-16-24-25-22(14-17-8-3-2-4-9-17)26(16)21(23(27)28)15-19-12-7-11-18-10-5-6-13-20(18)19/h2-13,15H,14H2,1H3,(H,27,28)/b21-15+. The Hall–Kier alpha value is -3.73. The van der Waals surface area contributed by atoms with E-state index in [0.717, 1.165) is 21.9 Å². The van der Waals surface area contributed by atoms with E-state index in [2.05, 4.69) is 10.2 Å². The van der Waals surface area contributed by atoms with Gasteiger partial charge in [0.2, 0.25) is 0 Å². The Balaban J connectivity index is 1.84. The maximum absolute atomic E-state index is 12.2. The summed E-state index contributed by atoms with van der Waals surface area (Å²) in [5.74, 6) is 0.113. The summed E-state index contributed by atoms with van der Waals surface area (Å²) in [6.45, 7) is 1.77. The van der Waals surface area contributed by atoms with E-state index in [0.29, 0.717) is 18.1 Å². The van der Waals surface area contributed by atoms with E-state index in [9.17, 15) is 9.90 Å². The fraction of sp³-hybridized carbons (Fsp3) is 0.0870. The molecule has 4 aromatic rings. The van der Waals surface area contributed by atoms with Crippen molar-refractivity contribution in [2.75, 3.05) is 0 Å². The molecule has 5 heteroatoms. The van der Waals surface area contributed by atoms with Crippen molar-refractivity contribution >= 4 is 28.5 Å². The molecule has 0 saturated heterocycles. The molecule has 0 aliphatic carbocycles. The van der Waals surface area contributed by atoms with Gasteiger partial charge in [-0.2, -0.15) is 0 Å². The molecule has 4 rings (SSSR count). The van der Waals surface area contributed by atoms with Crippen LogP contribution < -0.4 is 0 Å². The summed E-state index contributed by atoms with van der Waals surface area (Å²) in [5.41, 5.74) is 2.02. The van der Waals surface area contributed by atoms with Gasteiger partial charge in [0.1, 0.15) is 17.3 Å². The second-order valence-corrected chi connectivity index (χ2v) is 6.56. The first-order valence-corrected chi connectivity index (χ1v) is 9.01. The summed E-state index contributed by atoms with van der Waals surface area (Å²) in [6, 6.07) is 23.6. The lowest BCUT2D eigenvalue weighted by atomic mass is 10.0. The number of benzene rings is 3. The van der Waals surface area contributed by atoms with Crippen LogP contribution in [0.2, 0.25) is 0 Å². The average molecular weight is 369 g/mol. The van der Waals surface area contributed by atoms with Gasteiger partial charge in [0, 0.05) is 6.42 Å². The first kappa shape index (κ1) is 17.7. The average Bonchev–Trinajstić information content (AvgIpc) is 3.06. The van der Waals surface area contributed by atoms with E-state index >= 15 is 0 Å². The summed E-state index contributed by atoms with van der Waals surface area (Å²) in [5, 5.41) is 20.4. The fourth-order valence-corrected chi connectivity index (χ4v) is 3.36. The van der Waals surface area contributed by atoms with Crippen LogP contribution >= 0.6 is 0 Å². The highest BCUT2D eigenvalue weighted by Crippen LogP contribution is 2.24. The van der Waals surface area contributed by atoms with Gasteiger partial charge in [-0.05, 0) is 34.9 Å². The first-order valence-electron chi connectivity index (χ1n) is 9.01. The van der Waals surface area contributed by atoms with Crippen LogP contribution in [0, 0.1) is 6.92 Å². The van der Waals surface area contributed by atoms with E-state index in [-0.39, 0.29) is 5.70 Å². The Morgan fingerprint density at radius 3 is 2.46 bits per heavy atom. The molecule has 0 unspecified atom stereocenters. The lowest BCUT2D eigenvalue weighted by molar-refractivity contribution is -0.130. The number of hydrogen-bond donors (Lipinski definition) is 1. The van der Waals surface area contributed by atoms with Crippen LogP contribution in [-0.2, 0) is 11.2 Å². The van der Waals surface area contributed by atoms with Gasteiger partial charge in [-0.3, -0.25) is 4.57 Å². The largest absolute Gasteiger partial charge is 0.477 e. The van der Waals surface area contributed by atoms with Crippen LogP contribution in [0.25, 0.3) is 22.5 Å². The quantitative estimate of drug-likeness (QED) is 0.529. The molecule has 1 N–H and O–H groups in total. The van der Waals surface area contributed by atoms with Crippen LogP contribution in [-0.4, -0.2) is 25.8 Å². The second kappa shape index (κ2) is 7.48. The number of aromatic nitrogens is 3. The number of hydrogen-bond acceptors (Lipinski definition) is 3.